The quantitative estimate of drug-likeness (QED) is 0.623. The van der Waals surface area contributed by atoms with E-state index >= 15 is 0 Å². The Morgan fingerprint density at radius 3 is 2.64 bits per heavy atom. The van der Waals surface area contributed by atoms with E-state index < -0.39 is 11.7 Å². The first-order chi connectivity index (χ1) is 12.0. The standard InChI is InChI=1S/C18H14Cl2FN3O/c1-23(18(25)14-7-17(21)16(20)8-15(14)19)10-12-9-22-24(11-12)13-5-3-2-4-6-13/h2-9,11H,10H2,1H3. The zero-order valence-electron chi connectivity index (χ0n) is 13.3. The van der Waals surface area contributed by atoms with Gasteiger partial charge in [-0.2, -0.15) is 5.10 Å². The number of halogens is 3. The molecule has 1 aromatic heterocycles. The Morgan fingerprint density at radius 2 is 1.92 bits per heavy atom. The van der Waals surface area contributed by atoms with Crippen LogP contribution in [0.5, 0.6) is 0 Å². The number of carbonyl (C=O) groups excluding carboxylic acids is 1. The molecule has 128 valence electrons. The van der Waals surface area contributed by atoms with Crippen molar-refractivity contribution in [1.82, 2.24) is 14.7 Å². The van der Waals surface area contributed by atoms with Crippen molar-refractivity contribution in [2.75, 3.05) is 7.05 Å². The summed E-state index contributed by atoms with van der Waals surface area (Å²) in [4.78, 5) is 14.0. The van der Waals surface area contributed by atoms with E-state index in [9.17, 15) is 9.18 Å². The summed E-state index contributed by atoms with van der Waals surface area (Å²) in [5.74, 6) is -1.08. The summed E-state index contributed by atoms with van der Waals surface area (Å²) < 4.78 is 15.4. The second kappa shape index (κ2) is 7.25. The molecule has 0 atom stereocenters. The van der Waals surface area contributed by atoms with Gasteiger partial charge in [-0.15, -0.1) is 0 Å². The maximum absolute atomic E-state index is 13.6. The van der Waals surface area contributed by atoms with E-state index in [0.29, 0.717) is 6.54 Å². The van der Waals surface area contributed by atoms with Gasteiger partial charge in [-0.05, 0) is 24.3 Å². The molecule has 25 heavy (non-hydrogen) atoms. The first-order valence-electron chi connectivity index (χ1n) is 7.44. The molecule has 4 nitrogen and oxygen atoms in total. The van der Waals surface area contributed by atoms with Crippen molar-refractivity contribution >= 4 is 29.1 Å². The van der Waals surface area contributed by atoms with Gasteiger partial charge in [0.25, 0.3) is 5.91 Å². The lowest BCUT2D eigenvalue weighted by molar-refractivity contribution is 0.0785. The summed E-state index contributed by atoms with van der Waals surface area (Å²) in [5.41, 5.74) is 1.83. The molecule has 0 radical (unpaired) electrons. The third kappa shape index (κ3) is 3.83. The molecule has 1 heterocycles. The average molecular weight is 378 g/mol. The lowest BCUT2D eigenvalue weighted by Crippen LogP contribution is -2.26. The van der Waals surface area contributed by atoms with E-state index in [2.05, 4.69) is 5.10 Å². The normalized spacial score (nSPS) is 10.7. The highest BCUT2D eigenvalue weighted by Gasteiger charge is 2.18. The zero-order valence-corrected chi connectivity index (χ0v) is 14.8. The van der Waals surface area contributed by atoms with E-state index in [0.717, 1.165) is 17.3 Å². The minimum absolute atomic E-state index is 0.0708. The van der Waals surface area contributed by atoms with Crippen molar-refractivity contribution in [3.63, 3.8) is 0 Å². The monoisotopic (exact) mass is 377 g/mol. The molecule has 0 aliphatic rings. The van der Waals surface area contributed by atoms with Gasteiger partial charge < -0.3 is 4.90 Å². The average Bonchev–Trinajstić information content (AvgIpc) is 3.07. The van der Waals surface area contributed by atoms with Crippen LogP contribution in [0.3, 0.4) is 0 Å². The van der Waals surface area contributed by atoms with Crippen molar-refractivity contribution in [2.45, 2.75) is 6.54 Å². The fraction of sp³-hybridized carbons (Fsp3) is 0.111. The van der Waals surface area contributed by atoms with Crippen molar-refractivity contribution < 1.29 is 9.18 Å². The molecule has 7 heteroatoms. The number of rotatable bonds is 4. The first kappa shape index (κ1) is 17.5. The molecule has 2 aromatic carbocycles. The lowest BCUT2D eigenvalue weighted by atomic mass is 10.2. The van der Waals surface area contributed by atoms with Gasteiger partial charge in [-0.1, -0.05) is 41.4 Å². The number of hydrogen-bond acceptors (Lipinski definition) is 2. The Balaban J connectivity index is 1.76. The number of benzene rings is 2. The topological polar surface area (TPSA) is 38.1 Å². The van der Waals surface area contributed by atoms with Crippen molar-refractivity contribution in [1.29, 1.82) is 0 Å². The van der Waals surface area contributed by atoms with Crippen LogP contribution in [0.4, 0.5) is 4.39 Å². The van der Waals surface area contributed by atoms with Crippen LogP contribution in [0, 0.1) is 5.82 Å². The molecule has 0 aliphatic heterocycles. The van der Waals surface area contributed by atoms with Crippen LogP contribution in [0.15, 0.2) is 54.9 Å². The fourth-order valence-corrected chi connectivity index (χ4v) is 2.87. The summed E-state index contributed by atoms with van der Waals surface area (Å²) in [7, 11) is 1.62. The predicted octanol–water partition coefficient (Wildman–Crippen LogP) is 4.59. The molecule has 3 aromatic rings. The predicted molar refractivity (Wildman–Crippen MR) is 95.8 cm³/mol. The second-order valence-electron chi connectivity index (χ2n) is 5.54. The van der Waals surface area contributed by atoms with E-state index in [-0.39, 0.29) is 15.6 Å². The van der Waals surface area contributed by atoms with Crippen LogP contribution < -0.4 is 0 Å². The number of amides is 1. The number of aromatic nitrogens is 2. The van der Waals surface area contributed by atoms with E-state index in [1.54, 1.807) is 17.9 Å². The van der Waals surface area contributed by atoms with Crippen molar-refractivity contribution in [3.8, 4) is 5.69 Å². The number of hydrogen-bond donors (Lipinski definition) is 0. The van der Waals surface area contributed by atoms with Gasteiger partial charge in [0.05, 0.1) is 27.5 Å². The largest absolute Gasteiger partial charge is 0.337 e. The molecule has 0 bridgehead atoms. The van der Waals surface area contributed by atoms with E-state index in [4.69, 9.17) is 23.2 Å². The van der Waals surface area contributed by atoms with Crippen molar-refractivity contribution in [3.05, 3.63) is 81.8 Å². The maximum Gasteiger partial charge on any atom is 0.255 e. The van der Waals surface area contributed by atoms with Crippen LogP contribution in [0.1, 0.15) is 15.9 Å². The summed E-state index contributed by atoms with van der Waals surface area (Å²) in [6, 6.07) is 11.9. The molecular weight excluding hydrogens is 364 g/mol. The lowest BCUT2D eigenvalue weighted by Gasteiger charge is -2.17. The van der Waals surface area contributed by atoms with Crippen LogP contribution in [0.2, 0.25) is 10.0 Å². The Morgan fingerprint density at radius 1 is 1.20 bits per heavy atom. The van der Waals surface area contributed by atoms with Crippen LogP contribution in [-0.4, -0.2) is 27.6 Å². The Kier molecular flexibility index (Phi) is 5.06. The molecule has 0 N–H and O–H groups in total. The number of nitrogens with zero attached hydrogens (tertiary/aromatic N) is 3. The summed E-state index contributed by atoms with van der Waals surface area (Å²) in [6.45, 7) is 0.312. The highest BCUT2D eigenvalue weighted by Crippen LogP contribution is 2.25. The molecule has 3 rings (SSSR count). The first-order valence-corrected chi connectivity index (χ1v) is 8.20. The van der Waals surface area contributed by atoms with Crippen LogP contribution in [-0.2, 0) is 6.54 Å². The van der Waals surface area contributed by atoms with Gasteiger partial charge in [-0.3, -0.25) is 4.79 Å². The Bertz CT molecular complexity index is 912. The minimum atomic E-state index is -0.681. The zero-order chi connectivity index (χ0) is 18.0. The smallest absolute Gasteiger partial charge is 0.255 e. The molecule has 1 amide bonds. The summed E-state index contributed by atoms with van der Waals surface area (Å²) in [5, 5.41) is 4.29. The molecule has 0 spiro atoms. The van der Waals surface area contributed by atoms with Gasteiger partial charge in [0.1, 0.15) is 5.82 Å². The highest BCUT2D eigenvalue weighted by atomic mass is 35.5. The fourth-order valence-electron chi connectivity index (χ4n) is 2.40. The SMILES string of the molecule is CN(Cc1cnn(-c2ccccc2)c1)C(=O)c1cc(F)c(Cl)cc1Cl. The molecule has 0 unspecified atom stereocenters. The minimum Gasteiger partial charge on any atom is -0.337 e. The van der Waals surface area contributed by atoms with Crippen LogP contribution >= 0.6 is 23.2 Å². The molecule has 0 saturated carbocycles. The third-order valence-electron chi connectivity index (χ3n) is 3.66. The third-order valence-corrected chi connectivity index (χ3v) is 4.27. The van der Waals surface area contributed by atoms with E-state index in [1.807, 2.05) is 36.5 Å². The second-order valence-corrected chi connectivity index (χ2v) is 6.35. The van der Waals surface area contributed by atoms with Crippen LogP contribution in [0.25, 0.3) is 5.69 Å². The van der Waals surface area contributed by atoms with E-state index in [1.165, 1.54) is 11.0 Å². The van der Waals surface area contributed by atoms with Gasteiger partial charge in [-0.25, -0.2) is 9.07 Å². The molecule has 0 fully saturated rings. The summed E-state index contributed by atoms with van der Waals surface area (Å²) in [6.07, 6.45) is 3.52. The highest BCUT2D eigenvalue weighted by molar-refractivity contribution is 6.36. The van der Waals surface area contributed by atoms with Gasteiger partial charge in [0.15, 0.2) is 0 Å². The number of para-hydroxylation sites is 1. The molecular formula is C18H14Cl2FN3O. The Labute approximate surface area is 154 Å². The molecule has 0 saturated heterocycles. The van der Waals surface area contributed by atoms with Gasteiger partial charge >= 0.3 is 0 Å². The van der Waals surface area contributed by atoms with Gasteiger partial charge in [0, 0.05) is 25.4 Å². The van der Waals surface area contributed by atoms with Crippen molar-refractivity contribution in [2.24, 2.45) is 0 Å². The maximum atomic E-state index is 13.6. The Hall–Kier alpha value is -2.37. The molecule has 0 aliphatic carbocycles. The van der Waals surface area contributed by atoms with Gasteiger partial charge in [0.2, 0.25) is 0 Å². The summed E-state index contributed by atoms with van der Waals surface area (Å²) >= 11 is 11.7. The number of carbonyl (C=O) groups is 1.